The fraction of sp³-hybridized carbons (Fsp3) is 0.333. The van der Waals surface area contributed by atoms with Crippen LogP contribution in [-0.2, 0) is 16.0 Å². The zero-order valence-corrected chi connectivity index (χ0v) is 13.7. The summed E-state index contributed by atoms with van der Waals surface area (Å²) in [5.74, 6) is 0. The van der Waals surface area contributed by atoms with Gasteiger partial charge in [0, 0.05) is 0 Å². The monoisotopic (exact) mass is 339 g/mol. The van der Waals surface area contributed by atoms with Gasteiger partial charge in [-0.15, -0.1) is 0 Å². The molecule has 0 radical (unpaired) electrons. The zero-order chi connectivity index (χ0) is 13.4. The molecule has 0 amide bonds. The second kappa shape index (κ2) is 5.21. The molecule has 19 heavy (non-hydrogen) atoms. The van der Waals surface area contributed by atoms with Crippen molar-refractivity contribution >= 4 is 0 Å². The topological polar surface area (TPSA) is 0 Å². The average Bonchev–Trinajstić information content (AvgIpc) is 3.07. The van der Waals surface area contributed by atoms with Crippen LogP contribution in [0.5, 0.6) is 0 Å². The predicted octanol–water partition coefficient (Wildman–Crippen LogP) is 5.31. The molecule has 3 aliphatic rings. The van der Waals surface area contributed by atoms with Crippen LogP contribution in [0.3, 0.4) is 0 Å². The minimum atomic E-state index is -1.17. The molecule has 0 fully saturated rings. The van der Waals surface area contributed by atoms with Gasteiger partial charge in [0.05, 0.1) is 0 Å². The van der Waals surface area contributed by atoms with E-state index in [0.29, 0.717) is 0 Å². The Morgan fingerprint density at radius 1 is 0.632 bits per heavy atom. The molecule has 0 aromatic carbocycles. The molecule has 0 bridgehead atoms. The summed E-state index contributed by atoms with van der Waals surface area (Å²) in [4.78, 5) is 0. The average molecular weight is 338 g/mol. The van der Waals surface area contributed by atoms with Crippen LogP contribution >= 0.6 is 0 Å². The first-order valence-corrected chi connectivity index (χ1v) is 9.54. The van der Waals surface area contributed by atoms with E-state index in [1.807, 2.05) is 0 Å². The second-order valence-corrected chi connectivity index (χ2v) is 9.75. The number of hydrogen-bond donors (Lipinski definition) is 0. The summed E-state index contributed by atoms with van der Waals surface area (Å²) in [6.07, 6.45) is 17.6. The van der Waals surface area contributed by atoms with Crippen LogP contribution in [0.4, 0.5) is 0 Å². The third-order valence-corrected chi connectivity index (χ3v) is 10.1. The molecular formula is C18H21Ru. The summed E-state index contributed by atoms with van der Waals surface area (Å²) in [5, 5.41) is 0. The van der Waals surface area contributed by atoms with Gasteiger partial charge in [0.15, 0.2) is 0 Å². The molecule has 0 nitrogen and oxygen atoms in total. The molecule has 0 heterocycles. The van der Waals surface area contributed by atoms with E-state index in [2.05, 4.69) is 57.2 Å². The van der Waals surface area contributed by atoms with E-state index in [1.54, 1.807) is 29.2 Å². The van der Waals surface area contributed by atoms with Crippen LogP contribution in [0, 0.1) is 0 Å². The molecule has 0 N–H and O–H groups in total. The fourth-order valence-corrected chi connectivity index (χ4v) is 8.85. The van der Waals surface area contributed by atoms with E-state index in [4.69, 9.17) is 0 Å². The molecule has 0 aliphatic heterocycles. The van der Waals surface area contributed by atoms with Gasteiger partial charge >= 0.3 is 122 Å². The fourth-order valence-electron chi connectivity index (χ4n) is 2.78. The van der Waals surface area contributed by atoms with Gasteiger partial charge in [0.2, 0.25) is 0 Å². The van der Waals surface area contributed by atoms with Gasteiger partial charge in [-0.25, -0.2) is 0 Å². The first-order chi connectivity index (χ1) is 9.18. The molecule has 3 aliphatic carbocycles. The summed E-state index contributed by atoms with van der Waals surface area (Å²) in [7, 11) is 0. The molecule has 3 rings (SSSR count). The Balaban J connectivity index is 2.06. The number of hydrogen-bond acceptors (Lipinski definition) is 0. The first kappa shape index (κ1) is 13.1. The summed E-state index contributed by atoms with van der Waals surface area (Å²) in [6, 6.07) is 0. The Labute approximate surface area is 121 Å². The van der Waals surface area contributed by atoms with E-state index in [0.717, 1.165) is 0 Å². The van der Waals surface area contributed by atoms with Gasteiger partial charge in [0.25, 0.3) is 0 Å². The molecule has 0 saturated carbocycles. The molecular weight excluding hydrogens is 317 g/mol. The third-order valence-electron chi connectivity index (χ3n) is 3.87. The molecule has 0 aromatic rings. The predicted molar refractivity (Wildman–Crippen MR) is 79.4 cm³/mol. The van der Waals surface area contributed by atoms with Crippen molar-refractivity contribution in [3.63, 3.8) is 0 Å². The van der Waals surface area contributed by atoms with Crippen molar-refractivity contribution in [2.24, 2.45) is 0 Å². The van der Waals surface area contributed by atoms with E-state index in [9.17, 15) is 0 Å². The van der Waals surface area contributed by atoms with Crippen molar-refractivity contribution in [3.8, 4) is 0 Å². The van der Waals surface area contributed by atoms with E-state index < -0.39 is 16.0 Å². The zero-order valence-electron chi connectivity index (χ0n) is 11.9. The Morgan fingerprint density at radius 2 is 0.947 bits per heavy atom. The van der Waals surface area contributed by atoms with E-state index in [1.165, 1.54) is 19.3 Å². The van der Waals surface area contributed by atoms with Crippen molar-refractivity contribution in [3.05, 3.63) is 65.7 Å². The summed E-state index contributed by atoms with van der Waals surface area (Å²) in [6.45, 7) is 6.91. The molecule has 0 saturated heterocycles. The molecule has 0 unspecified atom stereocenters. The van der Waals surface area contributed by atoms with Crippen LogP contribution in [0.2, 0.25) is 0 Å². The Bertz CT molecular complexity index is 506. The standard InChI is InChI=1S/3C6H7.Ru/c3*1-6-4-2-3-5-6;/h3*2,4H,3H2,1H3;. The van der Waals surface area contributed by atoms with Crippen LogP contribution in [0.25, 0.3) is 0 Å². The van der Waals surface area contributed by atoms with Gasteiger partial charge in [0.1, 0.15) is 0 Å². The normalized spacial score (nSPS) is 22.6. The van der Waals surface area contributed by atoms with Crippen molar-refractivity contribution in [1.29, 1.82) is 0 Å². The van der Waals surface area contributed by atoms with Crippen molar-refractivity contribution < 1.29 is 16.0 Å². The van der Waals surface area contributed by atoms with Crippen molar-refractivity contribution in [2.75, 3.05) is 0 Å². The molecule has 101 valence electrons. The quantitative estimate of drug-likeness (QED) is 0.612. The second-order valence-electron chi connectivity index (χ2n) is 5.30. The maximum absolute atomic E-state index is 2.35. The van der Waals surface area contributed by atoms with Crippen LogP contribution in [0.1, 0.15) is 40.0 Å². The van der Waals surface area contributed by atoms with E-state index in [-0.39, 0.29) is 0 Å². The van der Waals surface area contributed by atoms with Gasteiger partial charge in [-0.1, -0.05) is 0 Å². The van der Waals surface area contributed by atoms with Crippen LogP contribution in [0.15, 0.2) is 65.7 Å². The first-order valence-electron chi connectivity index (χ1n) is 6.93. The van der Waals surface area contributed by atoms with Crippen molar-refractivity contribution in [2.45, 2.75) is 40.0 Å². The van der Waals surface area contributed by atoms with Gasteiger partial charge in [-0.2, -0.15) is 0 Å². The summed E-state index contributed by atoms with van der Waals surface area (Å²) < 4.78 is 5.29. The molecule has 0 spiro atoms. The summed E-state index contributed by atoms with van der Waals surface area (Å²) in [5.41, 5.74) is 4.62. The van der Waals surface area contributed by atoms with Crippen molar-refractivity contribution in [1.82, 2.24) is 0 Å². The minimum absolute atomic E-state index is 1.17. The molecule has 0 atom stereocenters. The van der Waals surface area contributed by atoms with E-state index >= 15 is 0 Å². The Hall–Kier alpha value is -0.937. The molecule has 1 heteroatoms. The van der Waals surface area contributed by atoms with Gasteiger partial charge in [-0.3, -0.25) is 0 Å². The Kier molecular flexibility index (Phi) is 3.58. The third kappa shape index (κ3) is 2.30. The SMILES string of the molecule is CC1=[C]([Ru]([C]2=C(C)C=CC2)[C]2=C(C)C=CC2)CC=C1. The van der Waals surface area contributed by atoms with Crippen LogP contribution in [-0.4, -0.2) is 0 Å². The Morgan fingerprint density at radius 3 is 1.16 bits per heavy atom. The van der Waals surface area contributed by atoms with Crippen LogP contribution < -0.4 is 0 Å². The number of rotatable bonds is 3. The van der Waals surface area contributed by atoms with Gasteiger partial charge in [-0.05, 0) is 0 Å². The number of allylic oxidation sites excluding steroid dienone is 12. The maximum atomic E-state index is 2.35. The molecule has 0 aromatic heterocycles. The summed E-state index contributed by atoms with van der Waals surface area (Å²) >= 11 is -1.17. The van der Waals surface area contributed by atoms with Gasteiger partial charge < -0.3 is 0 Å².